The molecule has 1 aromatic carbocycles. The summed E-state index contributed by atoms with van der Waals surface area (Å²) in [7, 11) is -6.02. The van der Waals surface area contributed by atoms with Crippen LogP contribution in [0.2, 0.25) is 0 Å². The van der Waals surface area contributed by atoms with E-state index in [1.165, 1.54) is 36.2 Å². The van der Waals surface area contributed by atoms with E-state index < -0.39 is 36.8 Å². The van der Waals surface area contributed by atoms with E-state index in [1.54, 1.807) is 0 Å². The minimum Gasteiger partial charge on any atom is -0.358 e. The van der Waals surface area contributed by atoms with Crippen LogP contribution in [-0.4, -0.2) is 64.7 Å². The van der Waals surface area contributed by atoms with E-state index in [0.717, 1.165) is 0 Å². The lowest BCUT2D eigenvalue weighted by Gasteiger charge is -2.31. The highest BCUT2D eigenvalue weighted by Gasteiger charge is 2.33. The van der Waals surface area contributed by atoms with Crippen LogP contribution in [0.25, 0.3) is 0 Å². The highest BCUT2D eigenvalue weighted by molar-refractivity contribution is 7.92. The Hall–Kier alpha value is -1.98. The molecule has 0 aliphatic carbocycles. The minimum atomic E-state index is -3.83. The fraction of sp³-hybridized carbons (Fsp3) is 0.467. The summed E-state index contributed by atoms with van der Waals surface area (Å²) in [6.45, 7) is 0.487. The number of carbonyl (C=O) groups is 2. The predicted molar refractivity (Wildman–Crippen MR) is 94.6 cm³/mol. The van der Waals surface area contributed by atoms with Crippen molar-refractivity contribution in [2.45, 2.75) is 23.0 Å². The molecule has 0 atom stereocenters. The maximum Gasteiger partial charge on any atom is 0.253 e. The van der Waals surface area contributed by atoms with Gasteiger partial charge >= 0.3 is 0 Å². The number of amides is 2. The number of benzene rings is 1. The first-order chi connectivity index (χ1) is 12.0. The highest BCUT2D eigenvalue weighted by atomic mass is 32.2. The number of nitrogens with one attached hydrogen (secondary N) is 1. The number of sulfone groups is 1. The van der Waals surface area contributed by atoms with Gasteiger partial charge in [-0.1, -0.05) is 0 Å². The Morgan fingerprint density at radius 1 is 1.12 bits per heavy atom. The average molecular weight is 403 g/mol. The van der Waals surface area contributed by atoms with E-state index in [-0.39, 0.29) is 36.7 Å². The first-order valence-electron chi connectivity index (χ1n) is 7.89. The van der Waals surface area contributed by atoms with Gasteiger partial charge in [-0.05, 0) is 37.1 Å². The van der Waals surface area contributed by atoms with E-state index in [0.29, 0.717) is 5.56 Å². The van der Waals surface area contributed by atoms with Gasteiger partial charge in [0, 0.05) is 25.7 Å². The van der Waals surface area contributed by atoms with Crippen molar-refractivity contribution in [3.05, 3.63) is 29.8 Å². The highest BCUT2D eigenvalue weighted by Crippen LogP contribution is 2.21. The summed E-state index contributed by atoms with van der Waals surface area (Å²) in [4.78, 5) is 25.2. The van der Waals surface area contributed by atoms with Crippen molar-refractivity contribution in [2.24, 2.45) is 5.14 Å². The quantitative estimate of drug-likeness (QED) is 0.652. The van der Waals surface area contributed by atoms with Crippen LogP contribution in [0.1, 0.15) is 23.2 Å². The molecule has 2 rings (SSSR count). The van der Waals surface area contributed by atoms with Crippen LogP contribution in [0, 0.1) is 0 Å². The van der Waals surface area contributed by atoms with Gasteiger partial charge in [-0.15, -0.1) is 0 Å². The molecule has 0 unspecified atom stereocenters. The molecule has 9 nitrogen and oxygen atoms in total. The molecule has 0 radical (unpaired) electrons. The number of nitrogens with zero attached hydrogens (tertiary/aromatic N) is 1. The van der Waals surface area contributed by atoms with Gasteiger partial charge in [0.05, 0.1) is 10.1 Å². The molecular weight excluding hydrogens is 382 g/mol. The molecule has 1 aliphatic heterocycles. The third-order valence-electron chi connectivity index (χ3n) is 4.28. The van der Waals surface area contributed by atoms with E-state index in [2.05, 4.69) is 5.32 Å². The third-order valence-corrected chi connectivity index (χ3v) is 7.36. The number of hydrogen-bond donors (Lipinski definition) is 2. The van der Waals surface area contributed by atoms with E-state index in [4.69, 9.17) is 5.14 Å². The normalized spacial score (nSPS) is 16.3. The Morgan fingerprint density at radius 2 is 1.65 bits per heavy atom. The number of sulfonamides is 1. The standard InChI is InChI=1S/C15H21N3O6S2/c1-17-14(19)10-25(21,22)12-6-8-18(9-7-12)15(20)11-2-4-13(5-3-11)26(16,23)24/h2-5,12H,6-10H2,1H3,(H,17,19)(H2,16,23,24). The summed E-state index contributed by atoms with van der Waals surface area (Å²) in [6, 6.07) is 5.25. The molecule has 1 aliphatic rings. The minimum absolute atomic E-state index is 0.0898. The molecule has 0 aromatic heterocycles. The Kier molecular flexibility index (Phi) is 6.04. The van der Waals surface area contributed by atoms with E-state index >= 15 is 0 Å². The van der Waals surface area contributed by atoms with Gasteiger partial charge in [-0.3, -0.25) is 9.59 Å². The zero-order valence-corrected chi connectivity index (χ0v) is 15.8. The first kappa shape index (κ1) is 20.3. The first-order valence-corrected chi connectivity index (χ1v) is 11.1. The number of primary sulfonamides is 1. The Balaban J connectivity index is 2.01. The maximum atomic E-state index is 12.5. The molecule has 11 heteroatoms. The number of nitrogens with two attached hydrogens (primary N) is 1. The van der Waals surface area contributed by atoms with Crippen LogP contribution in [-0.2, 0) is 24.7 Å². The smallest absolute Gasteiger partial charge is 0.253 e. The lowest BCUT2D eigenvalue weighted by molar-refractivity contribution is -0.118. The molecule has 0 bridgehead atoms. The zero-order chi connectivity index (χ0) is 19.5. The van der Waals surface area contributed by atoms with Gasteiger partial charge in [0.25, 0.3) is 5.91 Å². The Labute approximate surface area is 152 Å². The molecule has 1 heterocycles. The molecule has 144 valence electrons. The molecule has 3 N–H and O–H groups in total. The van der Waals surface area contributed by atoms with Crippen molar-refractivity contribution >= 4 is 31.7 Å². The Morgan fingerprint density at radius 3 is 2.12 bits per heavy atom. The van der Waals surface area contributed by atoms with Crippen LogP contribution < -0.4 is 10.5 Å². The van der Waals surface area contributed by atoms with Crippen LogP contribution in [0.4, 0.5) is 0 Å². The van der Waals surface area contributed by atoms with Gasteiger partial charge in [0.15, 0.2) is 9.84 Å². The third kappa shape index (κ3) is 4.80. The Bertz CT molecular complexity index is 886. The summed E-state index contributed by atoms with van der Waals surface area (Å²) in [5.74, 6) is -1.43. The topological polar surface area (TPSA) is 144 Å². The zero-order valence-electron chi connectivity index (χ0n) is 14.2. The van der Waals surface area contributed by atoms with Crippen molar-refractivity contribution in [3.63, 3.8) is 0 Å². The van der Waals surface area contributed by atoms with E-state index in [1.807, 2.05) is 0 Å². The number of piperidine rings is 1. The molecule has 0 spiro atoms. The molecule has 1 saturated heterocycles. The van der Waals surface area contributed by atoms with Gasteiger partial charge in [0.1, 0.15) is 5.75 Å². The number of likely N-dealkylation sites (tertiary alicyclic amines) is 1. The molecular formula is C15H21N3O6S2. The van der Waals surface area contributed by atoms with Crippen molar-refractivity contribution in [2.75, 3.05) is 25.9 Å². The van der Waals surface area contributed by atoms with Crippen molar-refractivity contribution in [1.29, 1.82) is 0 Å². The summed E-state index contributed by atoms with van der Waals surface area (Å²) >= 11 is 0. The van der Waals surface area contributed by atoms with Crippen LogP contribution in [0.3, 0.4) is 0 Å². The number of carbonyl (C=O) groups excluding carboxylic acids is 2. The molecule has 0 saturated carbocycles. The molecule has 1 fully saturated rings. The summed E-state index contributed by atoms with van der Waals surface area (Å²) in [5.41, 5.74) is 0.295. The summed E-state index contributed by atoms with van der Waals surface area (Å²) in [6.07, 6.45) is 0.501. The van der Waals surface area contributed by atoms with Crippen LogP contribution in [0.5, 0.6) is 0 Å². The second-order valence-electron chi connectivity index (χ2n) is 6.04. The predicted octanol–water partition coefficient (Wildman–Crippen LogP) is -0.901. The van der Waals surface area contributed by atoms with Gasteiger partial charge in [-0.25, -0.2) is 22.0 Å². The average Bonchev–Trinajstić information content (AvgIpc) is 2.60. The lowest BCUT2D eigenvalue weighted by atomic mass is 10.1. The molecule has 1 aromatic rings. The second-order valence-corrected chi connectivity index (χ2v) is 9.88. The monoisotopic (exact) mass is 403 g/mol. The molecule has 2 amide bonds. The van der Waals surface area contributed by atoms with E-state index in [9.17, 15) is 26.4 Å². The van der Waals surface area contributed by atoms with Crippen LogP contribution in [0.15, 0.2) is 29.2 Å². The number of hydrogen-bond acceptors (Lipinski definition) is 6. The van der Waals surface area contributed by atoms with Gasteiger partial charge in [0.2, 0.25) is 15.9 Å². The largest absolute Gasteiger partial charge is 0.358 e. The fourth-order valence-corrected chi connectivity index (χ4v) is 4.95. The second kappa shape index (κ2) is 7.72. The maximum absolute atomic E-state index is 12.5. The number of rotatable bonds is 5. The van der Waals surface area contributed by atoms with Crippen molar-refractivity contribution < 1.29 is 26.4 Å². The summed E-state index contributed by atoms with van der Waals surface area (Å²) < 4.78 is 46.9. The SMILES string of the molecule is CNC(=O)CS(=O)(=O)C1CCN(C(=O)c2ccc(S(N)(=O)=O)cc2)CC1. The molecule has 26 heavy (non-hydrogen) atoms. The summed E-state index contributed by atoms with van der Waals surface area (Å²) in [5, 5.41) is 6.65. The van der Waals surface area contributed by atoms with Crippen LogP contribution >= 0.6 is 0 Å². The lowest BCUT2D eigenvalue weighted by Crippen LogP contribution is -2.44. The van der Waals surface area contributed by atoms with Crippen molar-refractivity contribution in [3.8, 4) is 0 Å². The fourth-order valence-electron chi connectivity index (χ4n) is 2.76. The van der Waals surface area contributed by atoms with Crippen molar-refractivity contribution in [1.82, 2.24) is 10.2 Å². The van der Waals surface area contributed by atoms with Gasteiger partial charge < -0.3 is 10.2 Å². The van der Waals surface area contributed by atoms with Gasteiger partial charge in [-0.2, -0.15) is 0 Å².